The Balaban J connectivity index is 1.70. The van der Waals surface area contributed by atoms with Crippen LogP contribution in [0.1, 0.15) is 45.4 Å². The van der Waals surface area contributed by atoms with Gasteiger partial charge in [-0.3, -0.25) is 0 Å². The maximum Gasteiger partial charge on any atom is 0.407 e. The molecule has 2 unspecified atom stereocenters. The standard InChI is InChI=1S/C24H26F2N2O5S/c1-24(2,3)20-11-13(7-8-28(20)23(29)30)22-27-19-10-14(9-18(26)21(19)33-22)16-6-5-15(12-17(16)25)34(4,31)32/h5-6,9-10,12-13,20H,7-8,11H2,1-4H3,(H,29,30). The molecule has 7 nitrogen and oxygen atoms in total. The first-order valence-corrected chi connectivity index (χ1v) is 12.7. The first kappa shape index (κ1) is 24.1. The van der Waals surface area contributed by atoms with Gasteiger partial charge in [-0.15, -0.1) is 0 Å². The maximum absolute atomic E-state index is 14.9. The van der Waals surface area contributed by atoms with Crippen molar-refractivity contribution in [3.8, 4) is 11.1 Å². The monoisotopic (exact) mass is 492 g/mol. The van der Waals surface area contributed by atoms with Crippen LogP contribution in [0.15, 0.2) is 39.6 Å². The van der Waals surface area contributed by atoms with E-state index in [1.54, 1.807) is 0 Å². The lowest BCUT2D eigenvalue weighted by atomic mass is 9.77. The molecule has 10 heteroatoms. The molecule has 1 amide bonds. The van der Waals surface area contributed by atoms with Gasteiger partial charge < -0.3 is 14.4 Å². The number of fused-ring (bicyclic) bond motifs is 1. The SMILES string of the molecule is CC(C)(C)C1CC(c2nc3cc(-c4ccc(S(C)(=O)=O)cc4F)cc(F)c3o2)CCN1C(=O)O. The van der Waals surface area contributed by atoms with Gasteiger partial charge in [0.15, 0.2) is 27.1 Å². The molecule has 2 aromatic carbocycles. The summed E-state index contributed by atoms with van der Waals surface area (Å²) < 4.78 is 58.7. The number of hydrogen-bond acceptors (Lipinski definition) is 5. The van der Waals surface area contributed by atoms with Crippen LogP contribution in [0, 0.1) is 17.0 Å². The highest BCUT2D eigenvalue weighted by molar-refractivity contribution is 7.90. The Hall–Kier alpha value is -3.01. The maximum atomic E-state index is 14.9. The number of benzene rings is 2. The summed E-state index contributed by atoms with van der Waals surface area (Å²) in [6.45, 7) is 6.22. The number of oxazole rings is 1. The molecule has 1 N–H and O–H groups in total. The Bertz CT molecular complexity index is 1380. The minimum atomic E-state index is -3.58. The van der Waals surface area contributed by atoms with Crippen LogP contribution < -0.4 is 0 Å². The summed E-state index contributed by atoms with van der Waals surface area (Å²) >= 11 is 0. The molecular weight excluding hydrogens is 466 g/mol. The highest BCUT2D eigenvalue weighted by Gasteiger charge is 2.40. The van der Waals surface area contributed by atoms with Crippen molar-refractivity contribution in [2.45, 2.75) is 50.5 Å². The fourth-order valence-electron chi connectivity index (χ4n) is 4.54. The lowest BCUT2D eigenvalue weighted by Crippen LogP contribution is -2.51. The van der Waals surface area contributed by atoms with Crippen LogP contribution in [0.4, 0.5) is 13.6 Å². The van der Waals surface area contributed by atoms with Crippen LogP contribution in [-0.4, -0.2) is 48.3 Å². The summed E-state index contributed by atoms with van der Waals surface area (Å²) in [5.41, 5.74) is 0.0948. The molecule has 0 aliphatic carbocycles. The van der Waals surface area contributed by atoms with Gasteiger partial charge in [0.2, 0.25) is 0 Å². The average Bonchev–Trinajstić information content (AvgIpc) is 3.16. The van der Waals surface area contributed by atoms with E-state index >= 15 is 0 Å². The third-order valence-corrected chi connectivity index (χ3v) is 7.45. The van der Waals surface area contributed by atoms with Crippen LogP contribution >= 0.6 is 0 Å². The molecule has 0 spiro atoms. The van der Waals surface area contributed by atoms with Crippen LogP contribution in [0.2, 0.25) is 0 Å². The van der Waals surface area contributed by atoms with E-state index in [1.807, 2.05) is 20.8 Å². The van der Waals surface area contributed by atoms with E-state index < -0.39 is 27.6 Å². The van der Waals surface area contributed by atoms with Gasteiger partial charge in [0, 0.05) is 30.3 Å². The van der Waals surface area contributed by atoms with Crippen molar-refractivity contribution in [2.75, 3.05) is 12.8 Å². The number of sulfone groups is 1. The number of hydrogen-bond donors (Lipinski definition) is 1. The molecule has 182 valence electrons. The molecule has 4 rings (SSSR count). The topological polar surface area (TPSA) is 101 Å². The number of nitrogens with zero attached hydrogens (tertiary/aromatic N) is 2. The number of carboxylic acid groups (broad SMARTS) is 1. The molecule has 1 saturated heterocycles. The number of piperidine rings is 1. The number of aromatic nitrogens is 1. The Morgan fingerprint density at radius 2 is 1.88 bits per heavy atom. The second kappa shape index (κ2) is 8.33. The molecule has 34 heavy (non-hydrogen) atoms. The van der Waals surface area contributed by atoms with Crippen molar-refractivity contribution in [1.29, 1.82) is 0 Å². The largest absolute Gasteiger partial charge is 0.465 e. The van der Waals surface area contributed by atoms with Gasteiger partial charge in [0.05, 0.1) is 4.90 Å². The van der Waals surface area contributed by atoms with E-state index in [9.17, 15) is 27.1 Å². The molecule has 0 saturated carbocycles. The van der Waals surface area contributed by atoms with Crippen molar-refractivity contribution < 1.29 is 31.5 Å². The first-order chi connectivity index (χ1) is 15.8. The molecule has 2 atom stereocenters. The Morgan fingerprint density at radius 1 is 1.18 bits per heavy atom. The number of amides is 1. The highest BCUT2D eigenvalue weighted by atomic mass is 32.2. The summed E-state index contributed by atoms with van der Waals surface area (Å²) in [4.78, 5) is 17.4. The zero-order valence-electron chi connectivity index (χ0n) is 19.3. The fraction of sp³-hybridized carbons (Fsp3) is 0.417. The molecule has 1 aromatic heterocycles. The van der Waals surface area contributed by atoms with Gasteiger partial charge in [0.25, 0.3) is 0 Å². The molecule has 1 fully saturated rings. The van der Waals surface area contributed by atoms with E-state index in [4.69, 9.17) is 4.42 Å². The summed E-state index contributed by atoms with van der Waals surface area (Å²) in [6.07, 6.45) is 0.978. The molecule has 0 radical (unpaired) electrons. The first-order valence-electron chi connectivity index (χ1n) is 10.8. The quantitative estimate of drug-likeness (QED) is 0.522. The zero-order chi connectivity index (χ0) is 25.0. The van der Waals surface area contributed by atoms with Crippen molar-refractivity contribution in [1.82, 2.24) is 9.88 Å². The van der Waals surface area contributed by atoms with Crippen molar-refractivity contribution in [3.63, 3.8) is 0 Å². The van der Waals surface area contributed by atoms with Crippen molar-refractivity contribution >= 4 is 27.0 Å². The van der Waals surface area contributed by atoms with E-state index in [0.29, 0.717) is 25.3 Å². The highest BCUT2D eigenvalue weighted by Crippen LogP contribution is 2.40. The molecule has 0 bridgehead atoms. The van der Waals surface area contributed by atoms with Crippen LogP contribution in [0.3, 0.4) is 0 Å². The summed E-state index contributed by atoms with van der Waals surface area (Å²) in [6, 6.07) is 5.83. The van der Waals surface area contributed by atoms with Crippen LogP contribution in [-0.2, 0) is 9.84 Å². The fourth-order valence-corrected chi connectivity index (χ4v) is 5.17. The second-order valence-corrected chi connectivity index (χ2v) is 11.9. The third kappa shape index (κ3) is 4.51. The Kier molecular flexibility index (Phi) is 5.91. The molecule has 1 aliphatic heterocycles. The summed E-state index contributed by atoms with van der Waals surface area (Å²) in [7, 11) is -3.58. The van der Waals surface area contributed by atoms with Crippen LogP contribution in [0.25, 0.3) is 22.2 Å². The zero-order valence-corrected chi connectivity index (χ0v) is 20.1. The van der Waals surface area contributed by atoms with Gasteiger partial charge in [0.1, 0.15) is 11.3 Å². The Labute approximate surface area is 196 Å². The average molecular weight is 493 g/mol. The predicted octanol–water partition coefficient (Wildman–Crippen LogP) is 5.45. The van der Waals surface area contributed by atoms with E-state index in [-0.39, 0.29) is 44.5 Å². The molecule has 3 aromatic rings. The molecule has 2 heterocycles. The summed E-state index contributed by atoms with van der Waals surface area (Å²) in [5.74, 6) is -1.38. The number of likely N-dealkylation sites (tertiary alicyclic amines) is 1. The van der Waals surface area contributed by atoms with Gasteiger partial charge in [-0.05, 0) is 48.1 Å². The number of rotatable bonds is 3. The van der Waals surface area contributed by atoms with Crippen molar-refractivity contribution in [3.05, 3.63) is 47.9 Å². The second-order valence-electron chi connectivity index (χ2n) is 9.85. The lowest BCUT2D eigenvalue weighted by Gasteiger charge is -2.43. The van der Waals surface area contributed by atoms with Gasteiger partial charge in [-0.25, -0.2) is 27.0 Å². The minimum absolute atomic E-state index is 0.0420. The van der Waals surface area contributed by atoms with Gasteiger partial charge >= 0.3 is 6.09 Å². The van der Waals surface area contributed by atoms with Crippen LogP contribution in [0.5, 0.6) is 0 Å². The van der Waals surface area contributed by atoms with E-state index in [0.717, 1.165) is 18.4 Å². The third-order valence-electron chi connectivity index (χ3n) is 6.34. The normalized spacial score (nSPS) is 19.5. The smallest absolute Gasteiger partial charge is 0.407 e. The summed E-state index contributed by atoms with van der Waals surface area (Å²) in [5, 5.41) is 9.58. The number of halogens is 2. The van der Waals surface area contributed by atoms with E-state index in [2.05, 4.69) is 4.98 Å². The predicted molar refractivity (Wildman–Crippen MR) is 122 cm³/mol. The Morgan fingerprint density at radius 3 is 2.47 bits per heavy atom. The minimum Gasteiger partial charge on any atom is -0.465 e. The van der Waals surface area contributed by atoms with Gasteiger partial charge in [-0.2, -0.15) is 0 Å². The van der Waals surface area contributed by atoms with E-state index in [1.165, 1.54) is 23.1 Å². The van der Waals surface area contributed by atoms with Crippen molar-refractivity contribution in [2.24, 2.45) is 5.41 Å². The lowest BCUT2D eigenvalue weighted by molar-refractivity contribution is 0.0494. The molecular formula is C24H26F2N2O5S. The van der Waals surface area contributed by atoms with Gasteiger partial charge in [-0.1, -0.05) is 26.8 Å². The molecule has 1 aliphatic rings. The number of carbonyl (C=O) groups is 1.